The zero-order chi connectivity index (χ0) is 24.5. The van der Waals surface area contributed by atoms with Gasteiger partial charge in [0.1, 0.15) is 11.5 Å². The highest BCUT2D eigenvalue weighted by molar-refractivity contribution is 6.33. The van der Waals surface area contributed by atoms with Crippen molar-refractivity contribution < 1.29 is 27.6 Å². The van der Waals surface area contributed by atoms with Crippen molar-refractivity contribution in [2.75, 3.05) is 62.3 Å². The Morgan fingerprint density at radius 1 is 1.06 bits per heavy atom. The van der Waals surface area contributed by atoms with E-state index in [1.165, 1.54) is 6.07 Å². The van der Waals surface area contributed by atoms with Crippen molar-refractivity contribution in [2.24, 2.45) is 0 Å². The van der Waals surface area contributed by atoms with Crippen molar-refractivity contribution in [1.82, 2.24) is 9.88 Å². The van der Waals surface area contributed by atoms with Crippen LogP contribution < -0.4 is 9.80 Å². The third kappa shape index (κ3) is 5.02. The van der Waals surface area contributed by atoms with Gasteiger partial charge in [-0.2, -0.15) is 13.2 Å². The van der Waals surface area contributed by atoms with Crippen molar-refractivity contribution in [3.05, 3.63) is 56.7 Å². The maximum Gasteiger partial charge on any atom is 0.417 e. The van der Waals surface area contributed by atoms with Crippen LogP contribution in [0.25, 0.3) is 0 Å². The predicted octanol–water partition coefficient (Wildman–Crippen LogP) is 3.46. The minimum atomic E-state index is -4.54. The molecule has 0 bridgehead atoms. The van der Waals surface area contributed by atoms with Crippen molar-refractivity contribution in [3.63, 3.8) is 0 Å². The summed E-state index contributed by atoms with van der Waals surface area (Å²) in [6.45, 7) is 3.12. The molecule has 9 nitrogen and oxygen atoms in total. The smallest absolute Gasteiger partial charge is 0.378 e. The summed E-state index contributed by atoms with van der Waals surface area (Å²) in [4.78, 5) is 33.1. The lowest BCUT2D eigenvalue weighted by Crippen LogP contribution is -2.49. The first kappa shape index (κ1) is 24.0. The topological polar surface area (TPSA) is 92.0 Å². The maximum absolute atomic E-state index is 13.0. The Morgan fingerprint density at radius 2 is 1.74 bits per heavy atom. The van der Waals surface area contributed by atoms with Crippen LogP contribution in [0.3, 0.4) is 0 Å². The fourth-order valence-corrected chi connectivity index (χ4v) is 4.28. The Morgan fingerprint density at radius 3 is 2.32 bits per heavy atom. The van der Waals surface area contributed by atoms with Gasteiger partial charge in [-0.1, -0.05) is 11.6 Å². The molecule has 1 amide bonds. The highest BCUT2D eigenvalue weighted by Crippen LogP contribution is 2.34. The summed E-state index contributed by atoms with van der Waals surface area (Å²) in [7, 11) is 0. The lowest BCUT2D eigenvalue weighted by Gasteiger charge is -2.36. The second-order valence-corrected chi connectivity index (χ2v) is 8.27. The monoisotopic (exact) mass is 499 g/mol. The van der Waals surface area contributed by atoms with E-state index in [1.807, 2.05) is 4.90 Å². The number of pyridine rings is 1. The number of piperazine rings is 1. The standard InChI is InChI=1S/C21H21ClF3N5O4/c22-16-12-15(21(23,24)25)13-26-19(16)28-3-5-29(6-4-28)20(31)14-1-2-17(18(11-14)30(32)33)27-7-9-34-10-8-27/h1-2,11-13H,3-10H2. The van der Waals surface area contributed by atoms with E-state index in [4.69, 9.17) is 16.3 Å². The van der Waals surface area contributed by atoms with Crippen molar-refractivity contribution >= 4 is 34.7 Å². The number of ether oxygens (including phenoxy) is 1. The van der Waals surface area contributed by atoms with Gasteiger partial charge in [0.25, 0.3) is 11.6 Å². The predicted molar refractivity (Wildman–Crippen MR) is 118 cm³/mol. The van der Waals surface area contributed by atoms with Crippen LogP contribution in [0.2, 0.25) is 5.02 Å². The number of anilines is 2. The molecule has 1 aromatic carbocycles. The molecule has 0 atom stereocenters. The first-order chi connectivity index (χ1) is 16.1. The number of amides is 1. The highest BCUT2D eigenvalue weighted by Gasteiger charge is 2.33. The molecule has 2 aliphatic heterocycles. The third-order valence-corrected chi connectivity index (χ3v) is 6.06. The average Bonchev–Trinajstić information content (AvgIpc) is 2.83. The highest BCUT2D eigenvalue weighted by atomic mass is 35.5. The molecule has 0 radical (unpaired) electrons. The van der Waals surface area contributed by atoms with E-state index in [1.54, 1.807) is 21.9 Å². The van der Waals surface area contributed by atoms with Gasteiger partial charge in [-0.3, -0.25) is 14.9 Å². The number of nitro groups is 1. The average molecular weight is 500 g/mol. The summed E-state index contributed by atoms with van der Waals surface area (Å²) in [5.41, 5.74) is -0.440. The Labute approximate surface area is 197 Å². The molecule has 0 unspecified atom stereocenters. The van der Waals surface area contributed by atoms with E-state index in [9.17, 15) is 28.1 Å². The molecular formula is C21H21ClF3N5O4. The third-order valence-electron chi connectivity index (χ3n) is 5.79. The normalized spacial score (nSPS) is 17.1. The Bertz CT molecular complexity index is 1090. The largest absolute Gasteiger partial charge is 0.417 e. The van der Waals surface area contributed by atoms with Gasteiger partial charge < -0.3 is 19.4 Å². The molecule has 2 aliphatic rings. The van der Waals surface area contributed by atoms with Gasteiger partial charge >= 0.3 is 6.18 Å². The van der Waals surface area contributed by atoms with Gasteiger partial charge in [0.2, 0.25) is 0 Å². The second kappa shape index (κ2) is 9.63. The van der Waals surface area contributed by atoms with Gasteiger partial charge in [-0.05, 0) is 18.2 Å². The second-order valence-electron chi connectivity index (χ2n) is 7.87. The fourth-order valence-electron chi connectivity index (χ4n) is 4.00. The van der Waals surface area contributed by atoms with Crippen LogP contribution in [0.4, 0.5) is 30.4 Å². The number of benzene rings is 1. The zero-order valence-electron chi connectivity index (χ0n) is 17.9. The molecule has 0 aliphatic carbocycles. The molecular weight excluding hydrogens is 479 g/mol. The van der Waals surface area contributed by atoms with Crippen LogP contribution in [-0.4, -0.2) is 73.2 Å². The van der Waals surface area contributed by atoms with Crippen LogP contribution in [0.5, 0.6) is 0 Å². The number of nitrogens with zero attached hydrogens (tertiary/aromatic N) is 5. The number of rotatable bonds is 4. The number of aromatic nitrogens is 1. The molecule has 13 heteroatoms. The first-order valence-corrected chi connectivity index (χ1v) is 10.9. The molecule has 0 N–H and O–H groups in total. The number of carbonyl (C=O) groups excluding carboxylic acids is 1. The number of halogens is 4. The van der Waals surface area contributed by atoms with Gasteiger partial charge in [-0.25, -0.2) is 4.98 Å². The van der Waals surface area contributed by atoms with E-state index in [0.29, 0.717) is 45.1 Å². The van der Waals surface area contributed by atoms with Crippen molar-refractivity contribution in [2.45, 2.75) is 6.18 Å². The summed E-state index contributed by atoms with van der Waals surface area (Å²) in [5, 5.41) is 11.5. The summed E-state index contributed by atoms with van der Waals surface area (Å²) in [5.74, 6) is -0.143. The van der Waals surface area contributed by atoms with Crippen LogP contribution >= 0.6 is 11.6 Å². The molecule has 4 rings (SSSR count). The maximum atomic E-state index is 13.0. The first-order valence-electron chi connectivity index (χ1n) is 10.5. The van der Waals surface area contributed by atoms with Gasteiger partial charge in [-0.15, -0.1) is 0 Å². The SMILES string of the molecule is O=C(c1ccc(N2CCOCC2)c([N+](=O)[O-])c1)N1CCN(c2ncc(C(F)(F)F)cc2Cl)CC1. The summed E-state index contributed by atoms with van der Waals surface area (Å²) in [6, 6.07) is 5.27. The van der Waals surface area contributed by atoms with Crippen LogP contribution in [0, 0.1) is 10.1 Å². The van der Waals surface area contributed by atoms with E-state index in [2.05, 4.69) is 4.98 Å². The Kier molecular flexibility index (Phi) is 6.80. The fraction of sp³-hybridized carbons (Fsp3) is 0.429. The lowest BCUT2D eigenvalue weighted by molar-refractivity contribution is -0.384. The Balaban J connectivity index is 1.45. The molecule has 2 saturated heterocycles. The number of carbonyl (C=O) groups is 1. The van der Waals surface area contributed by atoms with Crippen LogP contribution in [0.15, 0.2) is 30.5 Å². The molecule has 0 saturated carbocycles. The summed E-state index contributed by atoms with van der Waals surface area (Å²) < 4.78 is 43.8. The number of nitro benzene ring substituents is 1. The van der Waals surface area contributed by atoms with Crippen molar-refractivity contribution in [1.29, 1.82) is 0 Å². The molecule has 0 spiro atoms. The van der Waals surface area contributed by atoms with E-state index in [-0.39, 0.29) is 41.1 Å². The summed E-state index contributed by atoms with van der Waals surface area (Å²) in [6.07, 6.45) is -3.81. The Hall–Kier alpha value is -3.12. The molecule has 182 valence electrons. The van der Waals surface area contributed by atoms with Gasteiger partial charge in [0.15, 0.2) is 0 Å². The van der Waals surface area contributed by atoms with Crippen molar-refractivity contribution in [3.8, 4) is 0 Å². The van der Waals surface area contributed by atoms with E-state index >= 15 is 0 Å². The number of morpholine rings is 1. The molecule has 3 heterocycles. The molecule has 1 aromatic heterocycles. The zero-order valence-corrected chi connectivity index (χ0v) is 18.7. The quantitative estimate of drug-likeness (QED) is 0.470. The number of hydrogen-bond donors (Lipinski definition) is 0. The van der Waals surface area contributed by atoms with Crippen LogP contribution in [-0.2, 0) is 10.9 Å². The van der Waals surface area contributed by atoms with Gasteiger partial charge in [0, 0.05) is 57.1 Å². The molecule has 2 aromatic rings. The molecule has 2 fully saturated rings. The number of hydrogen-bond acceptors (Lipinski definition) is 7. The van der Waals surface area contributed by atoms with Crippen LogP contribution in [0.1, 0.15) is 15.9 Å². The van der Waals surface area contributed by atoms with E-state index in [0.717, 1.165) is 12.3 Å². The molecule has 34 heavy (non-hydrogen) atoms. The lowest BCUT2D eigenvalue weighted by atomic mass is 10.1. The van der Waals surface area contributed by atoms with E-state index < -0.39 is 16.7 Å². The summed E-state index contributed by atoms with van der Waals surface area (Å²) >= 11 is 6.03. The van der Waals surface area contributed by atoms with Gasteiger partial charge in [0.05, 0.1) is 28.7 Å². The number of alkyl halides is 3. The minimum Gasteiger partial charge on any atom is -0.378 e. The minimum absolute atomic E-state index is 0.121.